The van der Waals surface area contributed by atoms with E-state index >= 15 is 0 Å². The molecule has 1 atom stereocenters. The van der Waals surface area contributed by atoms with E-state index in [4.69, 9.17) is 4.52 Å². The molecule has 1 saturated carbocycles. The van der Waals surface area contributed by atoms with Gasteiger partial charge in [-0.2, -0.15) is 0 Å². The zero-order valence-electron chi connectivity index (χ0n) is 11.7. The van der Waals surface area contributed by atoms with Gasteiger partial charge in [-0.1, -0.05) is 11.2 Å². The van der Waals surface area contributed by atoms with Gasteiger partial charge in [-0.15, -0.1) is 11.3 Å². The monoisotopic (exact) mass is 324 g/mol. The molecule has 1 aliphatic carbocycles. The second-order valence-electron chi connectivity index (χ2n) is 5.12. The first kappa shape index (κ1) is 14.5. The molecule has 0 bridgehead atoms. The van der Waals surface area contributed by atoms with Crippen LogP contribution in [0.1, 0.15) is 18.5 Å². The zero-order valence-corrected chi connectivity index (χ0v) is 13.3. The molecule has 0 spiro atoms. The summed E-state index contributed by atoms with van der Waals surface area (Å²) < 4.78 is 17.3. The van der Waals surface area contributed by atoms with Crippen LogP contribution < -0.4 is 0 Å². The molecule has 7 heteroatoms. The Balaban J connectivity index is 1.56. The highest BCUT2D eigenvalue weighted by molar-refractivity contribution is 7.84. The molecule has 0 unspecified atom stereocenters. The van der Waals surface area contributed by atoms with E-state index in [1.165, 1.54) is 0 Å². The number of carbonyl (C=O) groups excluding carboxylic acids is 1. The molecule has 0 aliphatic heterocycles. The molecular formula is C14H16N2O3S2. The van der Waals surface area contributed by atoms with Crippen molar-refractivity contribution in [1.29, 1.82) is 0 Å². The quantitative estimate of drug-likeness (QED) is 0.818. The van der Waals surface area contributed by atoms with Gasteiger partial charge in [-0.3, -0.25) is 9.00 Å². The standard InChI is InChI=1S/C14H16N2O3S2/c1-16(11-4-5-11)14(17)9-21(18)8-10-7-12(19-15-10)13-3-2-6-20-13/h2-3,6-7,11H,4-5,8-9H2,1H3/t21-/m1/s1. The van der Waals surface area contributed by atoms with Crippen molar-refractivity contribution in [3.8, 4) is 10.6 Å². The SMILES string of the molecule is CN(C(=O)C[S@](=O)Cc1cc(-c2cccs2)on1)C1CC1. The smallest absolute Gasteiger partial charge is 0.235 e. The fourth-order valence-electron chi connectivity index (χ4n) is 2.04. The fraction of sp³-hybridized carbons (Fsp3) is 0.429. The van der Waals surface area contributed by atoms with Crippen molar-refractivity contribution in [3.05, 3.63) is 29.3 Å². The normalized spacial score (nSPS) is 15.9. The molecule has 5 nitrogen and oxygen atoms in total. The number of hydrogen-bond donors (Lipinski definition) is 0. The van der Waals surface area contributed by atoms with E-state index in [0.29, 0.717) is 17.5 Å². The highest BCUT2D eigenvalue weighted by atomic mass is 32.2. The molecule has 21 heavy (non-hydrogen) atoms. The second-order valence-corrected chi connectivity index (χ2v) is 7.53. The number of nitrogens with zero attached hydrogens (tertiary/aromatic N) is 2. The van der Waals surface area contributed by atoms with E-state index in [1.54, 1.807) is 29.4 Å². The van der Waals surface area contributed by atoms with Crippen molar-refractivity contribution in [2.45, 2.75) is 24.6 Å². The van der Waals surface area contributed by atoms with Gasteiger partial charge >= 0.3 is 0 Å². The van der Waals surface area contributed by atoms with E-state index in [1.807, 2.05) is 17.5 Å². The molecule has 3 rings (SSSR count). The highest BCUT2D eigenvalue weighted by Gasteiger charge is 2.30. The summed E-state index contributed by atoms with van der Waals surface area (Å²) in [5.41, 5.74) is 0.624. The average Bonchev–Trinajstić information content (AvgIpc) is 2.97. The average molecular weight is 324 g/mol. The van der Waals surface area contributed by atoms with Crippen LogP contribution in [0.4, 0.5) is 0 Å². The van der Waals surface area contributed by atoms with Crippen LogP contribution in [0.25, 0.3) is 10.6 Å². The zero-order chi connectivity index (χ0) is 14.8. The maximum absolute atomic E-state index is 12.1. The van der Waals surface area contributed by atoms with Crippen LogP contribution in [0.5, 0.6) is 0 Å². The van der Waals surface area contributed by atoms with E-state index < -0.39 is 10.8 Å². The molecule has 1 amide bonds. The molecule has 2 heterocycles. The summed E-state index contributed by atoms with van der Waals surface area (Å²) in [6.07, 6.45) is 2.12. The third kappa shape index (κ3) is 3.59. The third-order valence-corrected chi connectivity index (χ3v) is 5.48. The molecule has 0 saturated heterocycles. The van der Waals surface area contributed by atoms with Crippen molar-refractivity contribution in [3.63, 3.8) is 0 Å². The van der Waals surface area contributed by atoms with Crippen LogP contribution in [0.2, 0.25) is 0 Å². The molecule has 0 N–H and O–H groups in total. The second kappa shape index (κ2) is 6.11. The number of thiophene rings is 1. The first-order valence-corrected chi connectivity index (χ1v) is 9.10. The van der Waals surface area contributed by atoms with Gasteiger partial charge in [0.2, 0.25) is 5.91 Å². The van der Waals surface area contributed by atoms with E-state index in [2.05, 4.69) is 5.16 Å². The van der Waals surface area contributed by atoms with Crippen molar-refractivity contribution in [2.75, 3.05) is 12.8 Å². The molecule has 2 aromatic rings. The van der Waals surface area contributed by atoms with Crippen LogP contribution in [-0.2, 0) is 21.3 Å². The minimum atomic E-state index is -1.25. The molecular weight excluding hydrogens is 308 g/mol. The molecule has 0 radical (unpaired) electrons. The summed E-state index contributed by atoms with van der Waals surface area (Å²) in [6.45, 7) is 0. The van der Waals surface area contributed by atoms with Gasteiger partial charge in [0.15, 0.2) is 5.76 Å². The molecule has 1 fully saturated rings. The van der Waals surface area contributed by atoms with Gasteiger partial charge in [-0.05, 0) is 24.3 Å². The molecule has 2 aromatic heterocycles. The van der Waals surface area contributed by atoms with E-state index in [9.17, 15) is 9.00 Å². The van der Waals surface area contributed by atoms with Crippen molar-refractivity contribution < 1.29 is 13.5 Å². The van der Waals surface area contributed by atoms with Gasteiger partial charge in [0, 0.05) is 30.0 Å². The Hall–Kier alpha value is -1.47. The van der Waals surface area contributed by atoms with Crippen molar-refractivity contribution >= 4 is 28.0 Å². The third-order valence-electron chi connectivity index (χ3n) is 3.40. The lowest BCUT2D eigenvalue weighted by Gasteiger charge is -2.15. The predicted octanol–water partition coefficient (Wildman–Crippen LogP) is 2.27. The molecule has 0 aromatic carbocycles. The first-order valence-electron chi connectivity index (χ1n) is 6.73. The maximum Gasteiger partial charge on any atom is 0.235 e. The van der Waals surface area contributed by atoms with Crippen LogP contribution in [0, 0.1) is 0 Å². The minimum Gasteiger partial charge on any atom is -0.355 e. The van der Waals surface area contributed by atoms with E-state index in [-0.39, 0.29) is 17.4 Å². The number of amides is 1. The van der Waals surface area contributed by atoms with Gasteiger partial charge in [0.25, 0.3) is 0 Å². The van der Waals surface area contributed by atoms with Crippen LogP contribution in [0.3, 0.4) is 0 Å². The summed E-state index contributed by atoms with van der Waals surface area (Å²) in [6, 6.07) is 6.03. The lowest BCUT2D eigenvalue weighted by atomic mass is 10.3. The van der Waals surface area contributed by atoms with Gasteiger partial charge < -0.3 is 9.42 Å². The fourth-order valence-corrected chi connectivity index (χ4v) is 3.76. The Bertz CT molecular complexity index is 647. The summed E-state index contributed by atoms with van der Waals surface area (Å²) in [7, 11) is 0.526. The largest absolute Gasteiger partial charge is 0.355 e. The Labute approximate surface area is 129 Å². The molecule has 1 aliphatic rings. The Morgan fingerprint density at radius 3 is 3.05 bits per heavy atom. The van der Waals surface area contributed by atoms with Crippen molar-refractivity contribution in [2.24, 2.45) is 0 Å². The lowest BCUT2D eigenvalue weighted by molar-refractivity contribution is -0.127. The lowest BCUT2D eigenvalue weighted by Crippen LogP contribution is -2.32. The number of aromatic nitrogens is 1. The summed E-state index contributed by atoms with van der Waals surface area (Å²) in [5, 5.41) is 5.89. The van der Waals surface area contributed by atoms with Crippen LogP contribution in [-0.4, -0.2) is 39.0 Å². The van der Waals surface area contributed by atoms with Crippen molar-refractivity contribution in [1.82, 2.24) is 10.1 Å². The summed E-state index contributed by atoms with van der Waals surface area (Å²) in [5.74, 6) is 0.920. The molecule has 112 valence electrons. The van der Waals surface area contributed by atoms with Crippen LogP contribution >= 0.6 is 11.3 Å². The van der Waals surface area contributed by atoms with Gasteiger partial charge in [0.1, 0.15) is 5.75 Å². The number of rotatable bonds is 6. The van der Waals surface area contributed by atoms with Gasteiger partial charge in [-0.25, -0.2) is 0 Å². The summed E-state index contributed by atoms with van der Waals surface area (Å²) in [4.78, 5) is 14.6. The van der Waals surface area contributed by atoms with E-state index in [0.717, 1.165) is 17.7 Å². The highest BCUT2D eigenvalue weighted by Crippen LogP contribution is 2.26. The summed E-state index contributed by atoms with van der Waals surface area (Å²) >= 11 is 1.56. The minimum absolute atomic E-state index is 0.0498. The Morgan fingerprint density at radius 1 is 1.57 bits per heavy atom. The van der Waals surface area contributed by atoms with Gasteiger partial charge in [0.05, 0.1) is 16.3 Å². The first-order chi connectivity index (χ1) is 10.1. The van der Waals surface area contributed by atoms with Crippen LogP contribution in [0.15, 0.2) is 28.1 Å². The Kier molecular flexibility index (Phi) is 4.21. The topological polar surface area (TPSA) is 63.4 Å². The number of hydrogen-bond acceptors (Lipinski definition) is 5. The predicted molar refractivity (Wildman–Crippen MR) is 82.3 cm³/mol. The maximum atomic E-state index is 12.1. The number of carbonyl (C=O) groups is 1. The Morgan fingerprint density at radius 2 is 2.38 bits per heavy atom.